The maximum absolute atomic E-state index is 5.37. The lowest BCUT2D eigenvalue weighted by Crippen LogP contribution is -2.06. The molecular weight excluding hydrogens is 354 g/mol. The summed E-state index contributed by atoms with van der Waals surface area (Å²) in [6.45, 7) is 4.35. The molecule has 0 unspecified atom stereocenters. The molecule has 0 radical (unpaired) electrons. The molecule has 140 valence electrons. The number of rotatable bonds is 5. The van der Waals surface area contributed by atoms with E-state index in [-0.39, 0.29) is 0 Å². The Hall–Kier alpha value is -3.68. The molecule has 8 heteroatoms. The van der Waals surface area contributed by atoms with Crippen molar-refractivity contribution in [3.05, 3.63) is 66.1 Å². The SMILES string of the molecule is COc1ccccc1-c1ncc(-c2cn(Cc3nc(C)cc(C)n3)nn2)cn1. The van der Waals surface area contributed by atoms with Crippen LogP contribution in [0.3, 0.4) is 0 Å². The van der Waals surface area contributed by atoms with E-state index in [1.807, 2.05) is 50.4 Å². The van der Waals surface area contributed by atoms with Crippen LogP contribution >= 0.6 is 0 Å². The van der Waals surface area contributed by atoms with Gasteiger partial charge in [-0.2, -0.15) is 0 Å². The molecule has 0 spiro atoms. The number of hydrogen-bond acceptors (Lipinski definition) is 7. The lowest BCUT2D eigenvalue weighted by atomic mass is 10.2. The monoisotopic (exact) mass is 373 g/mol. The van der Waals surface area contributed by atoms with Crippen molar-refractivity contribution >= 4 is 0 Å². The maximum atomic E-state index is 5.37. The van der Waals surface area contributed by atoms with Crippen LogP contribution in [0.25, 0.3) is 22.6 Å². The van der Waals surface area contributed by atoms with Crippen LogP contribution in [0.2, 0.25) is 0 Å². The van der Waals surface area contributed by atoms with Crippen molar-refractivity contribution in [2.24, 2.45) is 0 Å². The highest BCUT2D eigenvalue weighted by molar-refractivity contribution is 5.65. The van der Waals surface area contributed by atoms with Crippen LogP contribution in [0, 0.1) is 13.8 Å². The topological polar surface area (TPSA) is 91.5 Å². The fourth-order valence-electron chi connectivity index (χ4n) is 2.95. The Morgan fingerprint density at radius 1 is 1.00 bits per heavy atom. The highest BCUT2D eigenvalue weighted by atomic mass is 16.5. The third-order valence-electron chi connectivity index (χ3n) is 4.17. The number of para-hydroxylation sites is 1. The van der Waals surface area contributed by atoms with E-state index < -0.39 is 0 Å². The largest absolute Gasteiger partial charge is 0.496 e. The zero-order valence-electron chi connectivity index (χ0n) is 15.9. The molecule has 0 aliphatic carbocycles. The minimum Gasteiger partial charge on any atom is -0.496 e. The molecule has 0 amide bonds. The number of methoxy groups -OCH3 is 1. The van der Waals surface area contributed by atoms with E-state index in [1.165, 1.54) is 0 Å². The lowest BCUT2D eigenvalue weighted by Gasteiger charge is -2.06. The first-order valence-electron chi connectivity index (χ1n) is 8.79. The minimum atomic E-state index is 0.454. The minimum absolute atomic E-state index is 0.454. The molecule has 0 aliphatic rings. The van der Waals surface area contributed by atoms with Gasteiger partial charge in [-0.1, -0.05) is 17.3 Å². The van der Waals surface area contributed by atoms with Crippen LogP contribution < -0.4 is 4.74 Å². The molecule has 0 fully saturated rings. The van der Waals surface area contributed by atoms with Crippen LogP contribution in [0.5, 0.6) is 5.75 Å². The van der Waals surface area contributed by atoms with Crippen LogP contribution in [0.4, 0.5) is 0 Å². The Labute approximate surface area is 162 Å². The summed E-state index contributed by atoms with van der Waals surface area (Å²) in [5, 5.41) is 8.38. The van der Waals surface area contributed by atoms with Crippen LogP contribution in [0.1, 0.15) is 17.2 Å². The first-order valence-corrected chi connectivity index (χ1v) is 8.79. The summed E-state index contributed by atoms with van der Waals surface area (Å²) in [5.41, 5.74) is 4.18. The number of nitrogens with zero attached hydrogens (tertiary/aromatic N) is 7. The number of hydrogen-bond donors (Lipinski definition) is 0. The second-order valence-electron chi connectivity index (χ2n) is 6.36. The van der Waals surface area contributed by atoms with Gasteiger partial charge in [-0.3, -0.25) is 0 Å². The molecular formula is C20H19N7O. The van der Waals surface area contributed by atoms with E-state index in [0.717, 1.165) is 28.3 Å². The first-order chi connectivity index (χ1) is 13.6. The quantitative estimate of drug-likeness (QED) is 0.531. The molecule has 28 heavy (non-hydrogen) atoms. The Morgan fingerprint density at radius 3 is 2.43 bits per heavy atom. The van der Waals surface area contributed by atoms with Crippen molar-refractivity contribution < 1.29 is 4.74 Å². The van der Waals surface area contributed by atoms with Gasteiger partial charge in [-0.15, -0.1) is 5.10 Å². The van der Waals surface area contributed by atoms with E-state index in [2.05, 4.69) is 30.2 Å². The third kappa shape index (κ3) is 3.71. The molecule has 1 aromatic carbocycles. The van der Waals surface area contributed by atoms with E-state index in [9.17, 15) is 0 Å². The Balaban J connectivity index is 1.55. The predicted octanol–water partition coefficient (Wildman–Crippen LogP) is 2.87. The highest BCUT2D eigenvalue weighted by Gasteiger charge is 2.11. The van der Waals surface area contributed by atoms with Gasteiger partial charge in [-0.05, 0) is 32.0 Å². The molecule has 0 saturated heterocycles. The number of aromatic nitrogens is 7. The van der Waals surface area contributed by atoms with Gasteiger partial charge in [0.15, 0.2) is 5.82 Å². The van der Waals surface area contributed by atoms with Gasteiger partial charge in [0, 0.05) is 29.3 Å². The van der Waals surface area contributed by atoms with Crippen LogP contribution in [-0.4, -0.2) is 42.0 Å². The molecule has 0 bridgehead atoms. The zero-order chi connectivity index (χ0) is 19.5. The van der Waals surface area contributed by atoms with E-state index >= 15 is 0 Å². The molecule has 8 nitrogen and oxygen atoms in total. The molecule has 0 aliphatic heterocycles. The molecule has 4 aromatic rings. The average molecular weight is 373 g/mol. The summed E-state index contributed by atoms with van der Waals surface area (Å²) in [5.74, 6) is 2.03. The second-order valence-corrected chi connectivity index (χ2v) is 6.36. The molecule has 0 atom stereocenters. The van der Waals surface area contributed by atoms with Gasteiger partial charge in [0.2, 0.25) is 0 Å². The standard InChI is InChI=1S/C20H19N7O/c1-13-8-14(2)24-19(23-13)12-27-11-17(25-26-27)15-9-21-20(22-10-15)16-6-4-5-7-18(16)28-3/h4-11H,12H2,1-3H3. The van der Waals surface area contributed by atoms with Gasteiger partial charge in [0.1, 0.15) is 23.8 Å². The van der Waals surface area contributed by atoms with Crippen molar-refractivity contribution in [2.75, 3.05) is 7.11 Å². The summed E-state index contributed by atoms with van der Waals surface area (Å²) in [6.07, 6.45) is 5.30. The number of ether oxygens (including phenoxy) is 1. The highest BCUT2D eigenvalue weighted by Crippen LogP contribution is 2.27. The van der Waals surface area contributed by atoms with Crippen molar-refractivity contribution in [3.63, 3.8) is 0 Å². The fraction of sp³-hybridized carbons (Fsp3) is 0.200. The maximum Gasteiger partial charge on any atom is 0.162 e. The summed E-state index contributed by atoms with van der Waals surface area (Å²) in [4.78, 5) is 17.8. The Kier molecular flexibility index (Phi) is 4.76. The second kappa shape index (κ2) is 7.51. The first kappa shape index (κ1) is 17.7. The van der Waals surface area contributed by atoms with Crippen molar-refractivity contribution in [2.45, 2.75) is 20.4 Å². The predicted molar refractivity (Wildman–Crippen MR) is 104 cm³/mol. The summed E-state index contributed by atoms with van der Waals surface area (Å²) < 4.78 is 7.08. The summed E-state index contributed by atoms with van der Waals surface area (Å²) in [7, 11) is 1.63. The Morgan fingerprint density at radius 2 is 1.71 bits per heavy atom. The van der Waals surface area contributed by atoms with E-state index in [0.29, 0.717) is 23.9 Å². The molecule has 3 aromatic heterocycles. The van der Waals surface area contributed by atoms with Gasteiger partial charge < -0.3 is 4.74 Å². The summed E-state index contributed by atoms with van der Waals surface area (Å²) >= 11 is 0. The van der Waals surface area contributed by atoms with Crippen molar-refractivity contribution in [3.8, 4) is 28.4 Å². The van der Waals surface area contributed by atoms with E-state index in [4.69, 9.17) is 4.74 Å². The molecule has 3 heterocycles. The molecule has 0 saturated carbocycles. The molecule has 4 rings (SSSR count). The summed E-state index contributed by atoms with van der Waals surface area (Å²) in [6, 6.07) is 9.59. The zero-order valence-corrected chi connectivity index (χ0v) is 15.9. The molecule has 0 N–H and O–H groups in total. The lowest BCUT2D eigenvalue weighted by molar-refractivity contribution is 0.416. The van der Waals surface area contributed by atoms with Crippen LogP contribution in [-0.2, 0) is 6.54 Å². The van der Waals surface area contributed by atoms with E-state index in [1.54, 1.807) is 24.2 Å². The van der Waals surface area contributed by atoms with Gasteiger partial charge >= 0.3 is 0 Å². The smallest absolute Gasteiger partial charge is 0.162 e. The average Bonchev–Trinajstić information content (AvgIpc) is 3.15. The van der Waals surface area contributed by atoms with Gasteiger partial charge in [0.05, 0.1) is 18.9 Å². The fourth-order valence-corrected chi connectivity index (χ4v) is 2.95. The number of aryl methyl sites for hydroxylation is 2. The van der Waals surface area contributed by atoms with Gasteiger partial charge in [0.25, 0.3) is 0 Å². The normalized spacial score (nSPS) is 10.8. The number of benzene rings is 1. The van der Waals surface area contributed by atoms with Crippen molar-refractivity contribution in [1.82, 2.24) is 34.9 Å². The third-order valence-corrected chi connectivity index (χ3v) is 4.17. The van der Waals surface area contributed by atoms with Crippen molar-refractivity contribution in [1.29, 1.82) is 0 Å². The van der Waals surface area contributed by atoms with Crippen LogP contribution in [0.15, 0.2) is 48.9 Å². The Bertz CT molecular complexity index is 1090. The van der Waals surface area contributed by atoms with Gasteiger partial charge in [-0.25, -0.2) is 24.6 Å².